The van der Waals surface area contributed by atoms with Crippen LogP contribution in [-0.4, -0.2) is 31.3 Å². The average Bonchev–Trinajstić information content (AvgIpc) is 2.42. The van der Waals surface area contributed by atoms with Crippen molar-refractivity contribution in [3.63, 3.8) is 0 Å². The van der Waals surface area contributed by atoms with Gasteiger partial charge in [-0.3, -0.25) is 0 Å². The Labute approximate surface area is 112 Å². The topological polar surface area (TPSA) is 50.3 Å². The number of halogens is 1. The van der Waals surface area contributed by atoms with Crippen molar-refractivity contribution in [1.82, 2.24) is 9.29 Å². The van der Waals surface area contributed by atoms with E-state index in [4.69, 9.17) is 11.6 Å². The van der Waals surface area contributed by atoms with Crippen LogP contribution < -0.4 is 0 Å². The Morgan fingerprint density at radius 2 is 1.94 bits per heavy atom. The fourth-order valence-corrected chi connectivity index (χ4v) is 4.81. The van der Waals surface area contributed by atoms with Crippen LogP contribution in [0, 0.1) is 12.3 Å². The molecule has 0 aliphatic rings. The summed E-state index contributed by atoms with van der Waals surface area (Å²) in [6.07, 6.45) is 0. The van der Waals surface area contributed by atoms with Crippen molar-refractivity contribution < 1.29 is 8.42 Å². The van der Waals surface area contributed by atoms with Crippen LogP contribution in [0.15, 0.2) is 4.21 Å². The lowest BCUT2D eigenvalue weighted by atomic mass is 9.97. The van der Waals surface area contributed by atoms with Gasteiger partial charge in [-0.05, 0) is 12.3 Å². The molecule has 0 aliphatic carbocycles. The van der Waals surface area contributed by atoms with Gasteiger partial charge in [0.1, 0.15) is 0 Å². The van der Waals surface area contributed by atoms with Gasteiger partial charge in [0.05, 0.1) is 5.69 Å². The van der Waals surface area contributed by atoms with Crippen molar-refractivity contribution >= 4 is 33.0 Å². The minimum Gasteiger partial charge on any atom is -0.229 e. The summed E-state index contributed by atoms with van der Waals surface area (Å²) < 4.78 is 26.4. The third kappa shape index (κ3) is 3.64. The monoisotopic (exact) mass is 296 g/mol. The van der Waals surface area contributed by atoms with Crippen molar-refractivity contribution in [2.24, 2.45) is 5.41 Å². The highest BCUT2D eigenvalue weighted by Gasteiger charge is 2.29. The van der Waals surface area contributed by atoms with Gasteiger partial charge in [0.15, 0.2) is 8.68 Å². The standard InChI is InChI=1S/C10H17ClN2O2S2/c1-7-8(16-9(11)12-7)17(14,15)13(5)6-10(2,3)4/h6H2,1-5H3. The largest absolute Gasteiger partial charge is 0.254 e. The summed E-state index contributed by atoms with van der Waals surface area (Å²) in [6.45, 7) is 8.08. The van der Waals surface area contributed by atoms with Crippen LogP contribution in [0.25, 0.3) is 0 Å². The van der Waals surface area contributed by atoms with Gasteiger partial charge in [0, 0.05) is 13.6 Å². The highest BCUT2D eigenvalue weighted by Crippen LogP contribution is 2.30. The lowest BCUT2D eigenvalue weighted by molar-refractivity contribution is 0.311. The summed E-state index contributed by atoms with van der Waals surface area (Å²) >= 11 is 6.73. The molecule has 0 spiro atoms. The summed E-state index contributed by atoms with van der Waals surface area (Å²) in [5.41, 5.74) is 0.366. The first-order chi connectivity index (χ1) is 7.54. The zero-order valence-corrected chi connectivity index (χ0v) is 13.0. The molecule has 0 saturated heterocycles. The molecule has 0 bridgehead atoms. The number of aryl methyl sites for hydroxylation is 1. The Morgan fingerprint density at radius 3 is 2.29 bits per heavy atom. The molecule has 7 heteroatoms. The second-order valence-corrected chi connectivity index (χ2v) is 8.98. The fourth-order valence-electron chi connectivity index (χ4n) is 1.48. The first kappa shape index (κ1) is 14.9. The third-order valence-electron chi connectivity index (χ3n) is 2.07. The Morgan fingerprint density at radius 1 is 1.41 bits per heavy atom. The quantitative estimate of drug-likeness (QED) is 0.862. The molecule has 4 nitrogen and oxygen atoms in total. The second kappa shape index (κ2) is 4.84. The van der Waals surface area contributed by atoms with E-state index in [1.54, 1.807) is 14.0 Å². The van der Waals surface area contributed by atoms with Crippen molar-refractivity contribution in [3.05, 3.63) is 10.2 Å². The Kier molecular flexibility index (Phi) is 4.24. The molecule has 0 radical (unpaired) electrons. The molecule has 1 heterocycles. The van der Waals surface area contributed by atoms with Gasteiger partial charge >= 0.3 is 0 Å². The van der Waals surface area contributed by atoms with Gasteiger partial charge in [0.25, 0.3) is 10.0 Å². The zero-order chi connectivity index (χ0) is 13.4. The highest BCUT2D eigenvalue weighted by atomic mass is 35.5. The van der Waals surface area contributed by atoms with E-state index in [-0.39, 0.29) is 14.1 Å². The number of rotatable bonds is 3. The number of hydrogen-bond acceptors (Lipinski definition) is 4. The number of hydrogen-bond donors (Lipinski definition) is 0. The maximum Gasteiger partial charge on any atom is 0.254 e. The number of sulfonamides is 1. The zero-order valence-electron chi connectivity index (χ0n) is 10.6. The average molecular weight is 297 g/mol. The van der Waals surface area contributed by atoms with Gasteiger partial charge in [-0.1, -0.05) is 43.7 Å². The lowest BCUT2D eigenvalue weighted by Crippen LogP contribution is -2.34. The van der Waals surface area contributed by atoms with Crippen LogP contribution in [-0.2, 0) is 10.0 Å². The summed E-state index contributed by atoms with van der Waals surface area (Å²) in [4.78, 5) is 3.93. The maximum atomic E-state index is 12.3. The molecule has 0 fully saturated rings. The van der Waals surface area contributed by atoms with E-state index in [1.165, 1.54) is 4.31 Å². The van der Waals surface area contributed by atoms with E-state index in [2.05, 4.69) is 4.98 Å². The molecule has 1 aromatic rings. The second-order valence-electron chi connectivity index (χ2n) is 5.16. The van der Waals surface area contributed by atoms with Crippen LogP contribution in [0.4, 0.5) is 0 Å². The summed E-state index contributed by atoms with van der Waals surface area (Å²) in [5, 5.41) is 0. The molecule has 98 valence electrons. The molecule has 0 N–H and O–H groups in total. The van der Waals surface area contributed by atoms with Gasteiger partial charge in [-0.2, -0.15) is 4.31 Å². The van der Waals surface area contributed by atoms with E-state index in [0.717, 1.165) is 11.3 Å². The van der Waals surface area contributed by atoms with E-state index < -0.39 is 10.0 Å². The molecular weight excluding hydrogens is 280 g/mol. The minimum atomic E-state index is -3.48. The van der Waals surface area contributed by atoms with Crippen LogP contribution >= 0.6 is 22.9 Å². The van der Waals surface area contributed by atoms with Crippen molar-refractivity contribution in [2.75, 3.05) is 13.6 Å². The highest BCUT2D eigenvalue weighted by molar-refractivity contribution is 7.91. The SMILES string of the molecule is Cc1nc(Cl)sc1S(=O)(=O)N(C)CC(C)(C)C. The number of aromatic nitrogens is 1. The molecule has 0 amide bonds. The molecule has 0 aromatic carbocycles. The predicted octanol–water partition coefficient (Wildman–Crippen LogP) is 2.77. The van der Waals surface area contributed by atoms with Crippen LogP contribution in [0.2, 0.25) is 4.47 Å². The van der Waals surface area contributed by atoms with Crippen molar-refractivity contribution in [2.45, 2.75) is 31.9 Å². The van der Waals surface area contributed by atoms with Gasteiger partial charge in [-0.15, -0.1) is 0 Å². The van der Waals surface area contributed by atoms with Crippen LogP contribution in [0.1, 0.15) is 26.5 Å². The van der Waals surface area contributed by atoms with Gasteiger partial charge in [0.2, 0.25) is 0 Å². The molecule has 0 aliphatic heterocycles. The van der Waals surface area contributed by atoms with E-state index in [1.807, 2.05) is 20.8 Å². The Hall–Kier alpha value is -0.170. The first-order valence-electron chi connectivity index (χ1n) is 5.13. The molecule has 17 heavy (non-hydrogen) atoms. The van der Waals surface area contributed by atoms with Gasteiger partial charge < -0.3 is 0 Å². The minimum absolute atomic E-state index is 0.0930. The van der Waals surface area contributed by atoms with E-state index in [9.17, 15) is 8.42 Å². The van der Waals surface area contributed by atoms with E-state index in [0.29, 0.717) is 12.2 Å². The summed E-state index contributed by atoms with van der Waals surface area (Å²) in [6, 6.07) is 0. The van der Waals surface area contributed by atoms with E-state index >= 15 is 0 Å². The predicted molar refractivity (Wildman–Crippen MR) is 71.1 cm³/mol. The van der Waals surface area contributed by atoms with Crippen molar-refractivity contribution in [3.8, 4) is 0 Å². The third-order valence-corrected chi connectivity index (χ3v) is 5.72. The number of nitrogens with zero attached hydrogens (tertiary/aromatic N) is 2. The molecule has 0 atom stereocenters. The van der Waals surface area contributed by atoms with Gasteiger partial charge in [-0.25, -0.2) is 13.4 Å². The molecule has 1 aromatic heterocycles. The smallest absolute Gasteiger partial charge is 0.229 e. The van der Waals surface area contributed by atoms with Crippen LogP contribution in [0.3, 0.4) is 0 Å². The molecular formula is C10H17ClN2O2S2. The summed E-state index contributed by atoms with van der Waals surface area (Å²) in [7, 11) is -1.90. The lowest BCUT2D eigenvalue weighted by Gasteiger charge is -2.25. The number of thiazole rings is 1. The molecule has 1 rings (SSSR count). The molecule has 0 unspecified atom stereocenters. The normalized spacial score (nSPS) is 13.4. The maximum absolute atomic E-state index is 12.3. The van der Waals surface area contributed by atoms with Crippen LogP contribution in [0.5, 0.6) is 0 Å². The van der Waals surface area contributed by atoms with Crippen molar-refractivity contribution in [1.29, 1.82) is 0 Å². The fraction of sp³-hybridized carbons (Fsp3) is 0.700. The summed E-state index contributed by atoms with van der Waals surface area (Å²) in [5.74, 6) is 0. The first-order valence-corrected chi connectivity index (χ1v) is 7.77. The molecule has 0 saturated carbocycles. The Bertz CT molecular complexity index is 503. The Balaban J connectivity index is 3.08.